The van der Waals surface area contributed by atoms with Gasteiger partial charge in [-0.2, -0.15) is 0 Å². The van der Waals surface area contributed by atoms with E-state index < -0.39 is 17.9 Å². The SMILES string of the molecule is CC1C(=O)NC(=O)CN1C(=O)CSc1nncn1C(C)C. The van der Waals surface area contributed by atoms with Crippen LogP contribution in [0.4, 0.5) is 0 Å². The van der Waals surface area contributed by atoms with Crippen LogP contribution in [0.2, 0.25) is 0 Å². The van der Waals surface area contributed by atoms with Crippen molar-refractivity contribution in [2.24, 2.45) is 0 Å². The average molecular weight is 311 g/mol. The van der Waals surface area contributed by atoms with Crippen molar-refractivity contribution in [3.05, 3.63) is 6.33 Å². The summed E-state index contributed by atoms with van der Waals surface area (Å²) < 4.78 is 1.86. The highest BCUT2D eigenvalue weighted by Gasteiger charge is 2.33. The molecular weight excluding hydrogens is 294 g/mol. The maximum Gasteiger partial charge on any atom is 0.249 e. The van der Waals surface area contributed by atoms with E-state index in [1.165, 1.54) is 16.7 Å². The standard InChI is InChI=1S/C12H17N5O3S/c1-7(2)17-6-13-15-12(17)21-5-10(19)16-4-9(18)14-11(20)8(16)3/h6-8H,4-5H2,1-3H3,(H,14,18,20). The second kappa shape index (κ2) is 6.25. The zero-order valence-electron chi connectivity index (χ0n) is 12.1. The summed E-state index contributed by atoms with van der Waals surface area (Å²) in [4.78, 5) is 36.4. The first-order valence-electron chi connectivity index (χ1n) is 6.55. The largest absolute Gasteiger partial charge is 0.321 e. The first kappa shape index (κ1) is 15.5. The summed E-state index contributed by atoms with van der Waals surface area (Å²) in [6.45, 7) is 5.49. The molecule has 0 spiro atoms. The molecule has 2 rings (SSSR count). The molecule has 1 fully saturated rings. The average Bonchev–Trinajstić information content (AvgIpc) is 2.88. The van der Waals surface area contributed by atoms with Gasteiger partial charge in [0.1, 0.15) is 18.9 Å². The Morgan fingerprint density at radius 1 is 1.52 bits per heavy atom. The van der Waals surface area contributed by atoms with Gasteiger partial charge in [-0.05, 0) is 20.8 Å². The highest BCUT2D eigenvalue weighted by Crippen LogP contribution is 2.19. The Hall–Kier alpha value is -1.90. The zero-order chi connectivity index (χ0) is 15.6. The number of piperazine rings is 1. The number of carbonyl (C=O) groups is 3. The van der Waals surface area contributed by atoms with Gasteiger partial charge in [0.05, 0.1) is 5.75 Å². The van der Waals surface area contributed by atoms with Gasteiger partial charge in [-0.1, -0.05) is 11.8 Å². The van der Waals surface area contributed by atoms with Crippen LogP contribution < -0.4 is 5.32 Å². The summed E-state index contributed by atoms with van der Waals surface area (Å²) in [5.41, 5.74) is 0. The molecule has 114 valence electrons. The normalized spacial score (nSPS) is 19.0. The van der Waals surface area contributed by atoms with Crippen LogP contribution in [0.3, 0.4) is 0 Å². The number of hydrogen-bond donors (Lipinski definition) is 1. The molecule has 1 atom stereocenters. The van der Waals surface area contributed by atoms with E-state index in [0.29, 0.717) is 5.16 Å². The second-order valence-electron chi connectivity index (χ2n) is 5.01. The van der Waals surface area contributed by atoms with Crippen molar-refractivity contribution in [2.45, 2.75) is 38.0 Å². The molecule has 0 aromatic carbocycles. The minimum Gasteiger partial charge on any atom is -0.321 e. The third-order valence-corrected chi connectivity index (χ3v) is 4.11. The summed E-state index contributed by atoms with van der Waals surface area (Å²) in [6, 6.07) is -0.447. The molecule has 3 amide bonds. The number of amides is 3. The summed E-state index contributed by atoms with van der Waals surface area (Å²) in [7, 11) is 0. The molecule has 9 heteroatoms. The topological polar surface area (TPSA) is 97.2 Å². The van der Waals surface area contributed by atoms with Crippen LogP contribution in [0.15, 0.2) is 11.5 Å². The van der Waals surface area contributed by atoms with Gasteiger partial charge in [0.15, 0.2) is 5.16 Å². The number of nitrogens with one attached hydrogen (secondary N) is 1. The van der Waals surface area contributed by atoms with Gasteiger partial charge in [-0.3, -0.25) is 19.7 Å². The van der Waals surface area contributed by atoms with Crippen LogP contribution in [0.1, 0.15) is 26.8 Å². The Morgan fingerprint density at radius 2 is 2.24 bits per heavy atom. The number of aromatic nitrogens is 3. The van der Waals surface area contributed by atoms with E-state index in [4.69, 9.17) is 0 Å². The van der Waals surface area contributed by atoms with Crippen LogP contribution in [0, 0.1) is 0 Å². The Bertz CT molecular complexity index is 571. The highest BCUT2D eigenvalue weighted by molar-refractivity contribution is 7.99. The van der Waals surface area contributed by atoms with E-state index in [0.717, 1.165) is 0 Å². The predicted molar refractivity (Wildman–Crippen MR) is 75.5 cm³/mol. The quantitative estimate of drug-likeness (QED) is 0.612. The fourth-order valence-corrected chi connectivity index (χ4v) is 2.85. The lowest BCUT2D eigenvalue weighted by atomic mass is 10.2. The molecule has 0 bridgehead atoms. The molecule has 8 nitrogen and oxygen atoms in total. The first-order valence-corrected chi connectivity index (χ1v) is 7.54. The van der Waals surface area contributed by atoms with Crippen LogP contribution in [0.5, 0.6) is 0 Å². The van der Waals surface area contributed by atoms with Gasteiger partial charge in [0.2, 0.25) is 17.7 Å². The number of nitrogens with zero attached hydrogens (tertiary/aromatic N) is 4. The number of rotatable bonds is 4. The molecule has 1 aromatic heterocycles. The molecule has 1 aliphatic heterocycles. The van der Waals surface area contributed by atoms with Crippen molar-refractivity contribution in [2.75, 3.05) is 12.3 Å². The lowest BCUT2D eigenvalue weighted by molar-refractivity contribution is -0.148. The Morgan fingerprint density at radius 3 is 2.90 bits per heavy atom. The van der Waals surface area contributed by atoms with Crippen molar-refractivity contribution in [3.63, 3.8) is 0 Å². The molecule has 1 aliphatic rings. The monoisotopic (exact) mass is 311 g/mol. The first-order chi connectivity index (χ1) is 9.90. The van der Waals surface area contributed by atoms with E-state index in [-0.39, 0.29) is 24.2 Å². The molecule has 2 heterocycles. The van der Waals surface area contributed by atoms with Gasteiger partial charge in [0, 0.05) is 6.04 Å². The summed E-state index contributed by atoms with van der Waals surface area (Å²) in [5.74, 6) is -1.07. The Labute approximate surface area is 126 Å². The molecule has 21 heavy (non-hydrogen) atoms. The van der Waals surface area contributed by atoms with Gasteiger partial charge < -0.3 is 9.47 Å². The number of imide groups is 1. The molecule has 0 saturated carbocycles. The van der Waals surface area contributed by atoms with E-state index in [1.807, 2.05) is 18.4 Å². The van der Waals surface area contributed by atoms with Gasteiger partial charge >= 0.3 is 0 Å². The Balaban J connectivity index is 1.99. The van der Waals surface area contributed by atoms with Gasteiger partial charge in [-0.25, -0.2) is 0 Å². The molecule has 1 aromatic rings. The molecule has 1 saturated heterocycles. The molecule has 0 aliphatic carbocycles. The number of hydrogen-bond acceptors (Lipinski definition) is 6. The van der Waals surface area contributed by atoms with Gasteiger partial charge in [0.25, 0.3) is 0 Å². The smallest absolute Gasteiger partial charge is 0.249 e. The van der Waals surface area contributed by atoms with Crippen LogP contribution in [-0.2, 0) is 14.4 Å². The molecule has 1 N–H and O–H groups in total. The van der Waals surface area contributed by atoms with Crippen LogP contribution in [-0.4, -0.2) is 55.7 Å². The summed E-state index contributed by atoms with van der Waals surface area (Å²) in [5, 5.41) is 10.6. The Kier molecular flexibility index (Phi) is 4.61. The van der Waals surface area contributed by atoms with Crippen molar-refractivity contribution in [3.8, 4) is 0 Å². The second-order valence-corrected chi connectivity index (χ2v) is 5.96. The van der Waals surface area contributed by atoms with Crippen molar-refractivity contribution < 1.29 is 14.4 Å². The van der Waals surface area contributed by atoms with E-state index in [1.54, 1.807) is 13.3 Å². The zero-order valence-corrected chi connectivity index (χ0v) is 12.9. The number of thioether (sulfide) groups is 1. The fourth-order valence-electron chi connectivity index (χ4n) is 1.92. The third kappa shape index (κ3) is 3.41. The summed E-state index contributed by atoms with van der Waals surface area (Å²) >= 11 is 1.24. The molecule has 0 radical (unpaired) electrons. The predicted octanol–water partition coefficient (Wildman–Crippen LogP) is -0.175. The lowest BCUT2D eigenvalue weighted by Crippen LogP contribution is -2.59. The molecule has 1 unspecified atom stereocenters. The van der Waals surface area contributed by atoms with E-state index in [2.05, 4.69) is 15.5 Å². The van der Waals surface area contributed by atoms with Crippen molar-refractivity contribution in [1.29, 1.82) is 0 Å². The minimum absolute atomic E-state index is 0.0941. The van der Waals surface area contributed by atoms with Crippen LogP contribution in [0.25, 0.3) is 0 Å². The number of carbonyl (C=O) groups excluding carboxylic acids is 3. The molecular formula is C12H17N5O3S. The van der Waals surface area contributed by atoms with Crippen molar-refractivity contribution >= 4 is 29.5 Å². The van der Waals surface area contributed by atoms with Gasteiger partial charge in [-0.15, -0.1) is 10.2 Å². The third-order valence-electron chi connectivity index (χ3n) is 3.17. The fraction of sp³-hybridized carbons (Fsp3) is 0.583. The van der Waals surface area contributed by atoms with Crippen LogP contribution >= 0.6 is 11.8 Å². The lowest BCUT2D eigenvalue weighted by Gasteiger charge is -2.31. The van der Waals surface area contributed by atoms with E-state index >= 15 is 0 Å². The van der Waals surface area contributed by atoms with E-state index in [9.17, 15) is 14.4 Å². The maximum atomic E-state index is 12.2. The maximum absolute atomic E-state index is 12.2. The summed E-state index contributed by atoms with van der Waals surface area (Å²) in [6.07, 6.45) is 1.61. The minimum atomic E-state index is -0.640. The van der Waals surface area contributed by atoms with Crippen molar-refractivity contribution in [1.82, 2.24) is 25.0 Å². The highest BCUT2D eigenvalue weighted by atomic mass is 32.2.